The van der Waals surface area contributed by atoms with Crippen molar-refractivity contribution < 1.29 is 22.7 Å². The monoisotopic (exact) mass is 316 g/mol. The maximum atomic E-state index is 12.6. The minimum Gasteiger partial charge on any atom is -0.475 e. The molecule has 0 spiro atoms. The molecule has 118 valence electrons. The fourth-order valence-corrected chi connectivity index (χ4v) is 4.29. The minimum absolute atomic E-state index is 0.0583. The van der Waals surface area contributed by atoms with Crippen LogP contribution in [0.25, 0.3) is 0 Å². The van der Waals surface area contributed by atoms with Gasteiger partial charge in [-0.25, -0.2) is 13.2 Å². The highest BCUT2D eigenvalue weighted by Crippen LogP contribution is 2.25. The third kappa shape index (κ3) is 2.97. The van der Waals surface area contributed by atoms with Crippen LogP contribution in [-0.4, -0.2) is 60.9 Å². The molecule has 1 unspecified atom stereocenters. The van der Waals surface area contributed by atoms with Crippen molar-refractivity contribution in [3.8, 4) is 0 Å². The average molecular weight is 316 g/mol. The highest BCUT2D eigenvalue weighted by Gasteiger charge is 2.34. The van der Waals surface area contributed by atoms with Gasteiger partial charge in [0.1, 0.15) is 10.7 Å². The summed E-state index contributed by atoms with van der Waals surface area (Å²) in [4.78, 5) is 13.0. The smallest absolute Gasteiger partial charge is 0.371 e. The van der Waals surface area contributed by atoms with Crippen LogP contribution in [0.4, 0.5) is 0 Å². The Morgan fingerprint density at radius 2 is 2.14 bits per heavy atom. The highest BCUT2D eigenvalue weighted by atomic mass is 32.2. The van der Waals surface area contributed by atoms with Gasteiger partial charge in [0.15, 0.2) is 0 Å². The molecule has 1 fully saturated rings. The summed E-state index contributed by atoms with van der Waals surface area (Å²) in [6, 6.07) is 1.22. The molecule has 1 aromatic heterocycles. The minimum atomic E-state index is -3.72. The van der Waals surface area contributed by atoms with Gasteiger partial charge in [0.25, 0.3) is 0 Å². The molecule has 0 bridgehead atoms. The number of carbonyl (C=O) groups is 1. The molecule has 2 rings (SSSR count). The van der Waals surface area contributed by atoms with Gasteiger partial charge < -0.3 is 9.52 Å². The molecule has 1 saturated heterocycles. The second kappa shape index (κ2) is 5.78. The molecule has 1 aromatic rings. The van der Waals surface area contributed by atoms with Crippen molar-refractivity contribution in [3.63, 3.8) is 0 Å². The number of aromatic carboxylic acids is 1. The quantitative estimate of drug-likeness (QED) is 0.891. The molecular weight excluding hydrogens is 296 g/mol. The van der Waals surface area contributed by atoms with E-state index in [4.69, 9.17) is 9.52 Å². The van der Waals surface area contributed by atoms with E-state index in [9.17, 15) is 13.2 Å². The topological polar surface area (TPSA) is 91.1 Å². The van der Waals surface area contributed by atoms with Gasteiger partial charge in [0.2, 0.25) is 15.8 Å². The number of sulfonamides is 1. The highest BCUT2D eigenvalue weighted by molar-refractivity contribution is 7.89. The Balaban J connectivity index is 2.29. The van der Waals surface area contributed by atoms with Gasteiger partial charge in [-0.3, -0.25) is 4.90 Å². The van der Waals surface area contributed by atoms with E-state index in [0.29, 0.717) is 19.6 Å². The van der Waals surface area contributed by atoms with Crippen molar-refractivity contribution in [1.29, 1.82) is 0 Å². The standard InChI is InChI=1S/C13H20N2O5S/c1-4-14-5-6-15(8-9(14)2)21(18,19)12-7-11(13(16)17)20-10(12)3/h7,9H,4-6,8H2,1-3H3,(H,16,17). The number of piperazine rings is 1. The summed E-state index contributed by atoms with van der Waals surface area (Å²) in [6.45, 7) is 7.82. The first-order valence-corrected chi connectivity index (χ1v) is 8.29. The van der Waals surface area contributed by atoms with Crippen molar-refractivity contribution in [2.24, 2.45) is 0 Å². The Hall–Kier alpha value is -1.38. The van der Waals surface area contributed by atoms with Crippen LogP contribution in [0.2, 0.25) is 0 Å². The van der Waals surface area contributed by atoms with E-state index in [1.54, 1.807) is 0 Å². The first-order valence-electron chi connectivity index (χ1n) is 6.85. The number of hydrogen-bond acceptors (Lipinski definition) is 5. The number of hydrogen-bond donors (Lipinski definition) is 1. The Morgan fingerprint density at radius 1 is 1.48 bits per heavy atom. The molecule has 1 N–H and O–H groups in total. The van der Waals surface area contributed by atoms with E-state index in [1.807, 2.05) is 13.8 Å². The predicted molar refractivity (Wildman–Crippen MR) is 75.9 cm³/mol. The Morgan fingerprint density at radius 3 is 2.62 bits per heavy atom. The van der Waals surface area contributed by atoms with Crippen LogP contribution in [-0.2, 0) is 10.0 Å². The van der Waals surface area contributed by atoms with Gasteiger partial charge in [-0.15, -0.1) is 0 Å². The lowest BCUT2D eigenvalue weighted by Gasteiger charge is -2.38. The molecule has 8 heteroatoms. The summed E-state index contributed by atoms with van der Waals surface area (Å²) in [6.07, 6.45) is 0. The van der Waals surface area contributed by atoms with Crippen LogP contribution < -0.4 is 0 Å². The van der Waals surface area contributed by atoms with Gasteiger partial charge in [-0.2, -0.15) is 4.31 Å². The van der Waals surface area contributed by atoms with Crippen molar-refractivity contribution in [2.75, 3.05) is 26.2 Å². The summed E-state index contributed by atoms with van der Waals surface area (Å²) < 4.78 is 31.7. The summed E-state index contributed by atoms with van der Waals surface area (Å²) in [7, 11) is -3.72. The van der Waals surface area contributed by atoms with E-state index in [-0.39, 0.29) is 22.5 Å². The summed E-state index contributed by atoms with van der Waals surface area (Å²) in [5.74, 6) is -1.52. The van der Waals surface area contributed by atoms with Crippen LogP contribution in [0.5, 0.6) is 0 Å². The lowest BCUT2D eigenvalue weighted by Crippen LogP contribution is -2.53. The van der Waals surface area contributed by atoms with E-state index >= 15 is 0 Å². The molecule has 1 aliphatic rings. The number of carboxylic acids is 1. The zero-order valence-corrected chi connectivity index (χ0v) is 13.2. The summed E-state index contributed by atoms with van der Waals surface area (Å²) in [5, 5.41) is 8.90. The fraction of sp³-hybridized carbons (Fsp3) is 0.615. The Labute approximate surface area is 124 Å². The van der Waals surface area contributed by atoms with Crippen molar-refractivity contribution in [3.05, 3.63) is 17.6 Å². The second-order valence-corrected chi connectivity index (χ2v) is 7.08. The zero-order chi connectivity index (χ0) is 15.8. The van der Waals surface area contributed by atoms with Gasteiger partial charge in [0, 0.05) is 31.7 Å². The lowest BCUT2D eigenvalue weighted by molar-refractivity contribution is 0.0661. The molecule has 2 heterocycles. The van der Waals surface area contributed by atoms with E-state index in [0.717, 1.165) is 12.6 Å². The summed E-state index contributed by atoms with van der Waals surface area (Å²) in [5.41, 5.74) is 0. The second-order valence-electron chi connectivity index (χ2n) is 5.18. The molecule has 0 aromatic carbocycles. The molecule has 0 radical (unpaired) electrons. The Kier molecular flexibility index (Phi) is 4.40. The van der Waals surface area contributed by atoms with Crippen molar-refractivity contribution in [2.45, 2.75) is 31.7 Å². The molecule has 7 nitrogen and oxygen atoms in total. The van der Waals surface area contributed by atoms with Gasteiger partial charge in [0.05, 0.1) is 0 Å². The SMILES string of the molecule is CCN1CCN(S(=O)(=O)c2cc(C(=O)O)oc2C)CC1C. The van der Waals surface area contributed by atoms with Crippen LogP contribution >= 0.6 is 0 Å². The van der Waals surface area contributed by atoms with Gasteiger partial charge in [-0.1, -0.05) is 6.92 Å². The van der Waals surface area contributed by atoms with Crippen molar-refractivity contribution >= 4 is 16.0 Å². The molecule has 0 aliphatic carbocycles. The van der Waals surface area contributed by atoms with E-state index < -0.39 is 16.0 Å². The lowest BCUT2D eigenvalue weighted by atomic mass is 10.2. The molecule has 1 atom stereocenters. The Bertz CT molecular complexity index is 637. The third-order valence-corrected chi connectivity index (χ3v) is 5.81. The van der Waals surface area contributed by atoms with Crippen LogP contribution in [0.1, 0.15) is 30.2 Å². The molecule has 1 aliphatic heterocycles. The first kappa shape index (κ1) is 16.0. The number of likely N-dealkylation sites (N-methyl/N-ethyl adjacent to an activating group) is 1. The number of carboxylic acid groups (broad SMARTS) is 1. The first-order chi connectivity index (χ1) is 9.77. The van der Waals surface area contributed by atoms with E-state index in [2.05, 4.69) is 4.90 Å². The van der Waals surface area contributed by atoms with Gasteiger partial charge >= 0.3 is 5.97 Å². The van der Waals surface area contributed by atoms with E-state index in [1.165, 1.54) is 11.2 Å². The van der Waals surface area contributed by atoms with Crippen molar-refractivity contribution in [1.82, 2.24) is 9.21 Å². The number of rotatable bonds is 4. The maximum absolute atomic E-state index is 12.6. The number of furan rings is 1. The van der Waals surface area contributed by atoms with Crippen LogP contribution in [0, 0.1) is 6.92 Å². The zero-order valence-electron chi connectivity index (χ0n) is 12.4. The molecule has 21 heavy (non-hydrogen) atoms. The van der Waals surface area contributed by atoms with Crippen LogP contribution in [0.15, 0.2) is 15.4 Å². The number of aryl methyl sites for hydroxylation is 1. The molecular formula is C13H20N2O5S. The number of nitrogens with zero attached hydrogens (tertiary/aromatic N) is 2. The summed E-state index contributed by atoms with van der Waals surface area (Å²) >= 11 is 0. The fourth-order valence-electron chi connectivity index (χ4n) is 2.62. The maximum Gasteiger partial charge on any atom is 0.371 e. The third-order valence-electron chi connectivity index (χ3n) is 3.83. The molecule has 0 saturated carbocycles. The molecule has 0 amide bonds. The largest absolute Gasteiger partial charge is 0.475 e. The average Bonchev–Trinajstić information content (AvgIpc) is 2.81. The normalized spacial score (nSPS) is 21.6. The van der Waals surface area contributed by atoms with Gasteiger partial charge in [-0.05, 0) is 20.4 Å². The van der Waals surface area contributed by atoms with Crippen LogP contribution in [0.3, 0.4) is 0 Å². The predicted octanol–water partition coefficient (Wildman–Crippen LogP) is 1.00.